The van der Waals surface area contributed by atoms with Gasteiger partial charge in [0.1, 0.15) is 6.61 Å². The van der Waals surface area contributed by atoms with Crippen molar-refractivity contribution in [2.75, 3.05) is 13.2 Å². The predicted octanol–water partition coefficient (Wildman–Crippen LogP) is 1.48. The lowest BCUT2D eigenvalue weighted by molar-refractivity contribution is 0.234. The van der Waals surface area contributed by atoms with Gasteiger partial charge in [-0.1, -0.05) is 46.4 Å². The van der Waals surface area contributed by atoms with E-state index in [1.807, 2.05) is 0 Å². The minimum atomic E-state index is -2.52. The Hall–Kier alpha value is 1.19. The zero-order chi connectivity index (χ0) is 10.7. The normalized spacial score (nSPS) is 15.8. The van der Waals surface area contributed by atoms with E-state index in [-0.39, 0.29) is 0 Å². The molecular weight excluding hydrogens is 286 g/mol. The van der Waals surface area contributed by atoms with E-state index in [9.17, 15) is 4.21 Å². The summed E-state index contributed by atoms with van der Waals surface area (Å²) < 4.78 is 18.8. The summed E-state index contributed by atoms with van der Waals surface area (Å²) in [5.74, 6) is 0. The van der Waals surface area contributed by atoms with Crippen LogP contribution in [0.25, 0.3) is 0 Å². The summed E-state index contributed by atoms with van der Waals surface area (Å²) in [6.07, 6.45) is 0. The van der Waals surface area contributed by atoms with E-state index in [0.29, 0.717) is 0 Å². The van der Waals surface area contributed by atoms with Crippen LogP contribution in [0.1, 0.15) is 0 Å². The Labute approximate surface area is 97.5 Å². The lowest BCUT2D eigenvalue weighted by Crippen LogP contribution is -2.43. The van der Waals surface area contributed by atoms with Crippen LogP contribution in [0.4, 0.5) is 0 Å². The highest BCUT2D eigenvalue weighted by atomic mass is 35.5. The second-order valence-corrected chi connectivity index (χ2v) is 5.68. The van der Waals surface area contributed by atoms with Gasteiger partial charge in [0.25, 0.3) is 0 Å². The molecule has 80 valence electrons. The topological polar surface area (TPSA) is 66.8 Å². The Morgan fingerprint density at radius 1 is 1.23 bits per heavy atom. The van der Waals surface area contributed by atoms with Gasteiger partial charge in [0, 0.05) is 0 Å². The molecule has 0 amide bonds. The highest BCUT2D eigenvalue weighted by Gasteiger charge is 2.47. The van der Waals surface area contributed by atoms with Crippen LogP contribution < -0.4 is 0 Å². The third-order valence-corrected chi connectivity index (χ3v) is 3.53. The first-order chi connectivity index (χ1) is 5.73. The Bertz CT molecular complexity index is 197. The molecule has 0 aromatic rings. The van der Waals surface area contributed by atoms with Gasteiger partial charge in [-0.15, -0.1) is 0 Å². The van der Waals surface area contributed by atoms with Crippen molar-refractivity contribution in [2.45, 2.75) is 8.67 Å². The molecule has 0 radical (unpaired) electrons. The molecule has 0 rings (SSSR count). The second-order valence-electron chi connectivity index (χ2n) is 2.05. The number of alkyl halides is 4. The fourth-order valence-electron chi connectivity index (χ4n) is 0.346. The zero-order valence-corrected chi connectivity index (χ0v) is 9.89. The van der Waals surface area contributed by atoms with E-state index in [4.69, 9.17) is 56.1 Å². The molecule has 0 spiro atoms. The summed E-state index contributed by atoms with van der Waals surface area (Å²) in [4.78, 5) is 0. The van der Waals surface area contributed by atoms with Crippen molar-refractivity contribution >= 4 is 57.8 Å². The van der Waals surface area contributed by atoms with Gasteiger partial charge < -0.3 is 5.11 Å². The Morgan fingerprint density at radius 3 is 2.00 bits per heavy atom. The SMILES string of the molecule is O=S(O)OCC(Cl)(Cl)C(Cl)(Cl)CO. The smallest absolute Gasteiger partial charge is 0.301 e. The van der Waals surface area contributed by atoms with Gasteiger partial charge in [0.2, 0.25) is 0 Å². The summed E-state index contributed by atoms with van der Waals surface area (Å²) in [6, 6.07) is 0. The predicted molar refractivity (Wildman–Crippen MR) is 52.7 cm³/mol. The van der Waals surface area contributed by atoms with E-state index in [1.165, 1.54) is 0 Å². The summed E-state index contributed by atoms with van der Waals surface area (Å²) >= 11 is 19.5. The molecule has 0 aliphatic heterocycles. The maximum atomic E-state index is 10.1. The first kappa shape index (κ1) is 14.2. The summed E-state index contributed by atoms with van der Waals surface area (Å²) in [7, 11) is 0. The molecule has 0 aliphatic carbocycles. The van der Waals surface area contributed by atoms with Crippen LogP contribution in [-0.2, 0) is 15.5 Å². The van der Waals surface area contributed by atoms with E-state index in [2.05, 4.69) is 4.18 Å². The number of aliphatic hydroxyl groups excluding tert-OH is 1. The van der Waals surface area contributed by atoms with Gasteiger partial charge >= 0.3 is 11.4 Å². The summed E-state index contributed by atoms with van der Waals surface area (Å²) in [5.41, 5.74) is 0. The first-order valence-electron chi connectivity index (χ1n) is 2.83. The molecule has 0 heterocycles. The van der Waals surface area contributed by atoms with Crippen LogP contribution in [0.15, 0.2) is 0 Å². The van der Waals surface area contributed by atoms with Crippen molar-refractivity contribution in [1.29, 1.82) is 0 Å². The molecule has 1 atom stereocenters. The highest BCUT2D eigenvalue weighted by Crippen LogP contribution is 2.42. The molecular formula is C4H6Cl4O4S. The number of halogens is 4. The molecule has 0 fully saturated rings. The number of hydrogen-bond donors (Lipinski definition) is 2. The van der Waals surface area contributed by atoms with Crippen LogP contribution >= 0.6 is 46.4 Å². The molecule has 13 heavy (non-hydrogen) atoms. The molecule has 0 aliphatic rings. The minimum absolute atomic E-state index is 0.590. The maximum absolute atomic E-state index is 10.1. The fourth-order valence-corrected chi connectivity index (χ4v) is 1.09. The Balaban J connectivity index is 4.30. The molecule has 0 aromatic heterocycles. The molecule has 1 unspecified atom stereocenters. The Morgan fingerprint density at radius 2 is 1.69 bits per heavy atom. The van der Waals surface area contributed by atoms with E-state index >= 15 is 0 Å². The van der Waals surface area contributed by atoms with Gasteiger partial charge in [-0.05, 0) is 0 Å². The lowest BCUT2D eigenvalue weighted by atomic mass is 10.3. The molecule has 0 saturated heterocycles. The number of rotatable bonds is 5. The molecule has 0 aromatic carbocycles. The first-order valence-corrected chi connectivity index (χ1v) is 5.38. The zero-order valence-electron chi connectivity index (χ0n) is 6.05. The fraction of sp³-hybridized carbons (Fsp3) is 1.00. The third kappa shape index (κ3) is 4.48. The lowest BCUT2D eigenvalue weighted by Gasteiger charge is -2.29. The van der Waals surface area contributed by atoms with E-state index in [1.54, 1.807) is 0 Å². The van der Waals surface area contributed by atoms with E-state index < -0.39 is 33.2 Å². The third-order valence-electron chi connectivity index (χ3n) is 1.07. The molecule has 2 N–H and O–H groups in total. The van der Waals surface area contributed by atoms with Gasteiger partial charge in [-0.3, -0.25) is 8.74 Å². The Kier molecular flexibility index (Phi) is 5.81. The van der Waals surface area contributed by atoms with E-state index in [0.717, 1.165) is 0 Å². The average molecular weight is 292 g/mol. The van der Waals surface area contributed by atoms with Gasteiger partial charge in [0.15, 0.2) is 8.67 Å². The van der Waals surface area contributed by atoms with Gasteiger partial charge in [-0.25, -0.2) is 0 Å². The molecule has 0 bridgehead atoms. The summed E-state index contributed by atoms with van der Waals surface area (Å²) in [5, 5.41) is 8.67. The van der Waals surface area contributed by atoms with Gasteiger partial charge in [-0.2, -0.15) is 4.21 Å². The monoisotopic (exact) mass is 290 g/mol. The number of hydrogen-bond acceptors (Lipinski definition) is 3. The highest BCUT2D eigenvalue weighted by molar-refractivity contribution is 7.74. The van der Waals surface area contributed by atoms with Crippen LogP contribution in [0.2, 0.25) is 0 Å². The van der Waals surface area contributed by atoms with Crippen molar-refractivity contribution in [3.05, 3.63) is 0 Å². The quantitative estimate of drug-likeness (QED) is 0.595. The van der Waals surface area contributed by atoms with Crippen molar-refractivity contribution in [1.82, 2.24) is 0 Å². The minimum Gasteiger partial charge on any atom is -0.393 e. The standard InChI is InChI=1S/C4H6Cl4O4S/c5-3(6,1-9)4(7,8)2-12-13(10)11/h9H,1-2H2,(H,10,11). The summed E-state index contributed by atoms with van der Waals surface area (Å²) in [6.45, 7) is -1.31. The van der Waals surface area contributed by atoms with Crippen molar-refractivity contribution < 1.29 is 18.1 Å². The second kappa shape index (κ2) is 5.32. The van der Waals surface area contributed by atoms with Gasteiger partial charge in [0.05, 0.1) is 6.61 Å². The van der Waals surface area contributed by atoms with Crippen molar-refractivity contribution in [2.24, 2.45) is 0 Å². The average Bonchev–Trinajstić information content (AvgIpc) is 2.01. The maximum Gasteiger partial charge on any atom is 0.301 e. The largest absolute Gasteiger partial charge is 0.393 e. The molecule has 0 saturated carbocycles. The van der Waals surface area contributed by atoms with Crippen molar-refractivity contribution in [3.63, 3.8) is 0 Å². The molecule has 9 heteroatoms. The van der Waals surface area contributed by atoms with Crippen LogP contribution in [0.3, 0.4) is 0 Å². The van der Waals surface area contributed by atoms with Crippen LogP contribution in [-0.4, -0.2) is 35.7 Å². The van der Waals surface area contributed by atoms with Crippen molar-refractivity contribution in [3.8, 4) is 0 Å². The number of aliphatic hydroxyl groups is 1. The van der Waals surface area contributed by atoms with Crippen LogP contribution in [0.5, 0.6) is 0 Å². The van der Waals surface area contributed by atoms with Crippen LogP contribution in [0, 0.1) is 0 Å². The molecule has 4 nitrogen and oxygen atoms in total.